The van der Waals surface area contributed by atoms with Crippen LogP contribution in [0.3, 0.4) is 0 Å². The van der Waals surface area contributed by atoms with Gasteiger partial charge < -0.3 is 5.32 Å². The zero-order chi connectivity index (χ0) is 18.4. The SMILES string of the molecule is Fc1ccc(CNc2ccc3ncn(-c4cc(C5CC5)[nH]n4)c3n2)cc1F. The number of fused-ring (bicyclic) bond motifs is 1. The van der Waals surface area contributed by atoms with Gasteiger partial charge >= 0.3 is 0 Å². The lowest BCUT2D eigenvalue weighted by molar-refractivity contribution is 0.507. The number of benzene rings is 1. The van der Waals surface area contributed by atoms with Gasteiger partial charge in [-0.2, -0.15) is 5.10 Å². The summed E-state index contributed by atoms with van der Waals surface area (Å²) in [6, 6.07) is 9.53. The van der Waals surface area contributed by atoms with E-state index in [9.17, 15) is 8.78 Å². The van der Waals surface area contributed by atoms with Crippen molar-refractivity contribution in [3.05, 3.63) is 65.6 Å². The maximum atomic E-state index is 13.3. The molecule has 0 bridgehead atoms. The molecule has 5 rings (SSSR count). The van der Waals surface area contributed by atoms with Crippen LogP contribution in [0.15, 0.2) is 42.7 Å². The number of aromatic nitrogens is 5. The Morgan fingerprint density at radius 2 is 2.00 bits per heavy atom. The van der Waals surface area contributed by atoms with Gasteiger partial charge in [-0.15, -0.1) is 0 Å². The van der Waals surface area contributed by atoms with Crippen molar-refractivity contribution in [1.82, 2.24) is 24.7 Å². The lowest BCUT2D eigenvalue weighted by Crippen LogP contribution is -2.03. The van der Waals surface area contributed by atoms with Gasteiger partial charge in [0.1, 0.15) is 17.7 Å². The van der Waals surface area contributed by atoms with Crippen LogP contribution in [-0.4, -0.2) is 24.7 Å². The topological polar surface area (TPSA) is 71.4 Å². The maximum Gasteiger partial charge on any atom is 0.168 e. The second kappa shape index (κ2) is 6.15. The van der Waals surface area contributed by atoms with Gasteiger partial charge in [-0.05, 0) is 42.7 Å². The largest absolute Gasteiger partial charge is 0.366 e. The number of nitrogens with one attached hydrogen (secondary N) is 2. The average Bonchev–Trinajstić information content (AvgIpc) is 3.26. The number of pyridine rings is 1. The van der Waals surface area contributed by atoms with Crippen LogP contribution >= 0.6 is 0 Å². The molecule has 4 aromatic rings. The third-order valence-corrected chi connectivity index (χ3v) is 4.70. The molecule has 1 saturated carbocycles. The molecule has 6 nitrogen and oxygen atoms in total. The Kier molecular flexibility index (Phi) is 3.63. The zero-order valence-electron chi connectivity index (χ0n) is 14.3. The Balaban J connectivity index is 1.41. The van der Waals surface area contributed by atoms with Crippen LogP contribution < -0.4 is 5.32 Å². The van der Waals surface area contributed by atoms with Gasteiger partial charge in [-0.3, -0.25) is 9.67 Å². The Hall–Kier alpha value is -3.29. The number of aromatic amines is 1. The summed E-state index contributed by atoms with van der Waals surface area (Å²) in [6.07, 6.45) is 4.09. The first kappa shape index (κ1) is 15.9. The summed E-state index contributed by atoms with van der Waals surface area (Å²) in [5.41, 5.74) is 3.20. The van der Waals surface area contributed by atoms with Gasteiger partial charge in [0, 0.05) is 24.2 Å². The van der Waals surface area contributed by atoms with Crippen LogP contribution in [0, 0.1) is 11.6 Å². The van der Waals surface area contributed by atoms with Crippen LogP contribution in [0.2, 0.25) is 0 Å². The third-order valence-electron chi connectivity index (χ3n) is 4.70. The standard InChI is InChI=1S/C19H16F2N6/c20-13-4-1-11(7-14(13)21)9-22-17-6-5-15-19(24-17)27(10-23-15)18-8-16(25-26-18)12-2-3-12/h1,4-8,10,12H,2-3,9H2,(H,22,24)(H,25,26). The molecule has 1 aromatic carbocycles. The van der Waals surface area contributed by atoms with E-state index in [1.54, 1.807) is 12.4 Å². The second-order valence-electron chi connectivity index (χ2n) is 6.71. The van der Waals surface area contributed by atoms with Crippen LogP contribution in [0.4, 0.5) is 14.6 Å². The highest BCUT2D eigenvalue weighted by Gasteiger charge is 2.26. The van der Waals surface area contributed by atoms with E-state index in [4.69, 9.17) is 0 Å². The Morgan fingerprint density at radius 3 is 2.81 bits per heavy atom. The molecule has 136 valence electrons. The smallest absolute Gasteiger partial charge is 0.168 e. The summed E-state index contributed by atoms with van der Waals surface area (Å²) in [4.78, 5) is 8.98. The van der Waals surface area contributed by atoms with Crippen molar-refractivity contribution in [1.29, 1.82) is 0 Å². The van der Waals surface area contributed by atoms with Crippen LogP contribution in [0.25, 0.3) is 17.0 Å². The highest BCUT2D eigenvalue weighted by atomic mass is 19.2. The van der Waals surface area contributed by atoms with Crippen LogP contribution in [0.5, 0.6) is 0 Å². The highest BCUT2D eigenvalue weighted by Crippen LogP contribution is 2.39. The first-order valence-electron chi connectivity index (χ1n) is 8.75. The minimum Gasteiger partial charge on any atom is -0.366 e. The normalized spacial score (nSPS) is 14.0. The molecular weight excluding hydrogens is 350 g/mol. The summed E-state index contributed by atoms with van der Waals surface area (Å²) in [5.74, 6) is 0.242. The minimum absolute atomic E-state index is 0.331. The monoisotopic (exact) mass is 366 g/mol. The number of halogens is 2. The lowest BCUT2D eigenvalue weighted by Gasteiger charge is -2.07. The predicted molar refractivity (Wildman–Crippen MR) is 96.7 cm³/mol. The molecule has 2 N–H and O–H groups in total. The fourth-order valence-electron chi connectivity index (χ4n) is 3.05. The van der Waals surface area contributed by atoms with Crippen LogP contribution in [0.1, 0.15) is 30.0 Å². The summed E-state index contributed by atoms with van der Waals surface area (Å²) >= 11 is 0. The summed E-state index contributed by atoms with van der Waals surface area (Å²) in [6.45, 7) is 0.331. The first-order chi connectivity index (χ1) is 13.2. The Bertz CT molecular complexity index is 1130. The number of rotatable bonds is 5. The van der Waals surface area contributed by atoms with Crippen molar-refractivity contribution in [2.75, 3.05) is 5.32 Å². The lowest BCUT2D eigenvalue weighted by atomic mass is 10.2. The molecule has 1 fully saturated rings. The van der Waals surface area contributed by atoms with E-state index < -0.39 is 11.6 Å². The molecule has 0 amide bonds. The van der Waals surface area contributed by atoms with E-state index in [0.717, 1.165) is 23.1 Å². The summed E-state index contributed by atoms with van der Waals surface area (Å²) in [7, 11) is 0. The maximum absolute atomic E-state index is 13.3. The van der Waals surface area contributed by atoms with E-state index in [1.807, 2.05) is 16.7 Å². The molecule has 0 atom stereocenters. The quantitative estimate of drug-likeness (QED) is 0.562. The summed E-state index contributed by atoms with van der Waals surface area (Å²) < 4.78 is 28.2. The second-order valence-corrected chi connectivity index (χ2v) is 6.71. The molecule has 1 aliphatic carbocycles. The fourth-order valence-corrected chi connectivity index (χ4v) is 3.05. The first-order valence-corrected chi connectivity index (χ1v) is 8.75. The van der Waals surface area contributed by atoms with E-state index in [0.29, 0.717) is 29.5 Å². The Labute approximate surface area is 153 Å². The molecule has 27 heavy (non-hydrogen) atoms. The molecule has 0 saturated heterocycles. The molecule has 1 aliphatic rings. The van der Waals surface area contributed by atoms with Crippen molar-refractivity contribution in [3.8, 4) is 5.82 Å². The van der Waals surface area contributed by atoms with Crippen molar-refractivity contribution in [2.24, 2.45) is 0 Å². The number of nitrogens with zero attached hydrogens (tertiary/aromatic N) is 4. The molecule has 8 heteroatoms. The number of hydrogen-bond acceptors (Lipinski definition) is 4. The molecule has 0 spiro atoms. The van der Waals surface area contributed by atoms with E-state index in [-0.39, 0.29) is 0 Å². The molecular formula is C19H16F2N6. The predicted octanol–water partition coefficient (Wildman–Crippen LogP) is 3.91. The minimum atomic E-state index is -0.860. The molecule has 3 heterocycles. The average molecular weight is 366 g/mol. The molecule has 0 aliphatic heterocycles. The fraction of sp³-hybridized carbons (Fsp3) is 0.211. The van der Waals surface area contributed by atoms with Gasteiger partial charge in [0.05, 0.1) is 0 Å². The van der Waals surface area contributed by atoms with Gasteiger partial charge in [0.15, 0.2) is 23.1 Å². The van der Waals surface area contributed by atoms with E-state index in [2.05, 4.69) is 25.5 Å². The Morgan fingerprint density at radius 1 is 1.11 bits per heavy atom. The molecule has 3 aromatic heterocycles. The van der Waals surface area contributed by atoms with Crippen molar-refractivity contribution in [2.45, 2.75) is 25.3 Å². The zero-order valence-corrected chi connectivity index (χ0v) is 14.3. The van der Waals surface area contributed by atoms with Gasteiger partial charge in [-0.25, -0.2) is 18.7 Å². The molecule has 0 unspecified atom stereocenters. The van der Waals surface area contributed by atoms with E-state index >= 15 is 0 Å². The van der Waals surface area contributed by atoms with Crippen molar-refractivity contribution in [3.63, 3.8) is 0 Å². The van der Waals surface area contributed by atoms with Crippen LogP contribution in [-0.2, 0) is 6.54 Å². The highest BCUT2D eigenvalue weighted by molar-refractivity contribution is 5.74. The van der Waals surface area contributed by atoms with Gasteiger partial charge in [0.2, 0.25) is 0 Å². The number of H-pyrrole nitrogens is 1. The van der Waals surface area contributed by atoms with Gasteiger partial charge in [-0.1, -0.05) is 6.07 Å². The van der Waals surface area contributed by atoms with Gasteiger partial charge in [0.25, 0.3) is 0 Å². The third kappa shape index (κ3) is 3.03. The summed E-state index contributed by atoms with van der Waals surface area (Å²) in [5, 5.41) is 10.6. The number of hydrogen-bond donors (Lipinski definition) is 2. The number of imidazole rings is 1. The van der Waals surface area contributed by atoms with E-state index in [1.165, 1.54) is 25.0 Å². The van der Waals surface area contributed by atoms with Crippen molar-refractivity contribution >= 4 is 17.0 Å². The van der Waals surface area contributed by atoms with Crippen molar-refractivity contribution < 1.29 is 8.78 Å². The molecule has 0 radical (unpaired) electrons. The number of anilines is 1.